The van der Waals surface area contributed by atoms with E-state index in [4.69, 9.17) is 10.5 Å². The zero-order chi connectivity index (χ0) is 12.4. The SMILES string of the molecule is Cc1ccc(F)cc1Oc1cccc(F)c1N. The molecule has 0 bridgehead atoms. The second kappa shape index (κ2) is 4.41. The van der Waals surface area contributed by atoms with Gasteiger partial charge in [0.05, 0.1) is 0 Å². The number of anilines is 1. The molecule has 2 rings (SSSR count). The van der Waals surface area contributed by atoms with Gasteiger partial charge in [0.2, 0.25) is 0 Å². The topological polar surface area (TPSA) is 35.2 Å². The summed E-state index contributed by atoms with van der Waals surface area (Å²) in [5.74, 6) is -0.474. The molecule has 0 heterocycles. The van der Waals surface area contributed by atoms with Crippen molar-refractivity contribution in [3.8, 4) is 11.5 Å². The van der Waals surface area contributed by atoms with Crippen molar-refractivity contribution in [3.05, 3.63) is 53.6 Å². The Bertz CT molecular complexity index is 555. The largest absolute Gasteiger partial charge is 0.455 e. The minimum Gasteiger partial charge on any atom is -0.455 e. The molecule has 2 nitrogen and oxygen atoms in total. The summed E-state index contributed by atoms with van der Waals surface area (Å²) in [5, 5.41) is 0. The summed E-state index contributed by atoms with van der Waals surface area (Å²) >= 11 is 0. The highest BCUT2D eigenvalue weighted by Crippen LogP contribution is 2.31. The first-order valence-electron chi connectivity index (χ1n) is 5.06. The quantitative estimate of drug-likeness (QED) is 0.806. The third-order valence-electron chi connectivity index (χ3n) is 2.38. The van der Waals surface area contributed by atoms with Crippen molar-refractivity contribution >= 4 is 5.69 Å². The fourth-order valence-corrected chi connectivity index (χ4v) is 1.41. The molecule has 0 unspecified atom stereocenters. The van der Waals surface area contributed by atoms with E-state index in [0.717, 1.165) is 5.56 Å². The fraction of sp³-hybridized carbons (Fsp3) is 0.0769. The predicted molar refractivity (Wildman–Crippen MR) is 62.0 cm³/mol. The number of ether oxygens (including phenoxy) is 1. The molecule has 4 heteroatoms. The van der Waals surface area contributed by atoms with E-state index in [0.29, 0.717) is 5.75 Å². The van der Waals surface area contributed by atoms with Crippen molar-refractivity contribution in [2.24, 2.45) is 0 Å². The van der Waals surface area contributed by atoms with E-state index >= 15 is 0 Å². The van der Waals surface area contributed by atoms with E-state index in [2.05, 4.69) is 0 Å². The Morgan fingerprint density at radius 1 is 1.06 bits per heavy atom. The van der Waals surface area contributed by atoms with Gasteiger partial charge in [0.25, 0.3) is 0 Å². The Morgan fingerprint density at radius 2 is 1.82 bits per heavy atom. The van der Waals surface area contributed by atoms with Crippen LogP contribution in [0.15, 0.2) is 36.4 Å². The van der Waals surface area contributed by atoms with Crippen molar-refractivity contribution in [3.63, 3.8) is 0 Å². The molecule has 0 fully saturated rings. The average molecular weight is 235 g/mol. The van der Waals surface area contributed by atoms with Crippen LogP contribution in [0.3, 0.4) is 0 Å². The average Bonchev–Trinajstić information content (AvgIpc) is 2.30. The zero-order valence-corrected chi connectivity index (χ0v) is 9.21. The maximum atomic E-state index is 13.2. The van der Waals surface area contributed by atoms with Gasteiger partial charge in [0.1, 0.15) is 23.1 Å². The maximum absolute atomic E-state index is 13.2. The van der Waals surface area contributed by atoms with Crippen molar-refractivity contribution in [2.75, 3.05) is 5.73 Å². The van der Waals surface area contributed by atoms with Crippen LogP contribution >= 0.6 is 0 Å². The molecule has 0 amide bonds. The monoisotopic (exact) mass is 235 g/mol. The third kappa shape index (κ3) is 2.36. The molecule has 2 N–H and O–H groups in total. The van der Waals surface area contributed by atoms with Gasteiger partial charge < -0.3 is 10.5 Å². The molecule has 0 saturated heterocycles. The number of hydrogen-bond donors (Lipinski definition) is 1. The second-order valence-electron chi connectivity index (χ2n) is 3.66. The Balaban J connectivity index is 2.38. The van der Waals surface area contributed by atoms with Gasteiger partial charge in [0, 0.05) is 6.07 Å². The van der Waals surface area contributed by atoms with Crippen molar-refractivity contribution in [2.45, 2.75) is 6.92 Å². The van der Waals surface area contributed by atoms with Crippen LogP contribution < -0.4 is 10.5 Å². The van der Waals surface area contributed by atoms with Crippen LogP contribution in [-0.2, 0) is 0 Å². The van der Waals surface area contributed by atoms with Gasteiger partial charge in [-0.2, -0.15) is 0 Å². The number of halogens is 2. The Kier molecular flexibility index (Phi) is 2.95. The summed E-state index contributed by atoms with van der Waals surface area (Å²) in [6, 6.07) is 8.40. The maximum Gasteiger partial charge on any atom is 0.153 e. The van der Waals surface area contributed by atoms with E-state index in [1.807, 2.05) is 0 Å². The van der Waals surface area contributed by atoms with E-state index in [9.17, 15) is 8.78 Å². The van der Waals surface area contributed by atoms with Gasteiger partial charge in [0.15, 0.2) is 5.75 Å². The van der Waals surface area contributed by atoms with Gasteiger partial charge in [-0.05, 0) is 30.7 Å². The Labute approximate surface area is 97.6 Å². The molecule has 0 aliphatic rings. The first-order valence-corrected chi connectivity index (χ1v) is 5.06. The van der Waals surface area contributed by atoms with Crippen LogP contribution in [0.25, 0.3) is 0 Å². The first kappa shape index (κ1) is 11.4. The number of nitrogens with two attached hydrogens (primary N) is 1. The molecular weight excluding hydrogens is 224 g/mol. The van der Waals surface area contributed by atoms with Crippen LogP contribution in [0.5, 0.6) is 11.5 Å². The minimum atomic E-state index is -0.559. The molecule has 17 heavy (non-hydrogen) atoms. The van der Waals surface area contributed by atoms with Gasteiger partial charge in [-0.3, -0.25) is 0 Å². The van der Waals surface area contributed by atoms with Crippen LogP contribution in [0, 0.1) is 18.6 Å². The molecule has 0 aliphatic heterocycles. The number of nitrogen functional groups attached to an aromatic ring is 1. The summed E-state index contributed by atoms with van der Waals surface area (Å²) in [6.45, 7) is 1.77. The molecular formula is C13H11F2NO. The number of benzene rings is 2. The normalized spacial score (nSPS) is 10.3. The smallest absolute Gasteiger partial charge is 0.153 e. The van der Waals surface area contributed by atoms with Crippen molar-refractivity contribution < 1.29 is 13.5 Å². The van der Waals surface area contributed by atoms with Gasteiger partial charge >= 0.3 is 0 Å². The number of para-hydroxylation sites is 1. The fourth-order valence-electron chi connectivity index (χ4n) is 1.41. The lowest BCUT2D eigenvalue weighted by Gasteiger charge is -2.10. The molecule has 0 radical (unpaired) electrons. The van der Waals surface area contributed by atoms with Gasteiger partial charge in [-0.1, -0.05) is 12.1 Å². The van der Waals surface area contributed by atoms with E-state index in [1.165, 1.54) is 30.3 Å². The minimum absolute atomic E-state index is 0.0869. The summed E-state index contributed by atoms with van der Waals surface area (Å²) in [5.41, 5.74) is 6.18. The van der Waals surface area contributed by atoms with E-state index in [-0.39, 0.29) is 11.4 Å². The molecule has 0 aliphatic carbocycles. The Morgan fingerprint density at radius 3 is 2.59 bits per heavy atom. The van der Waals surface area contributed by atoms with Crippen LogP contribution in [0.4, 0.5) is 14.5 Å². The lowest BCUT2D eigenvalue weighted by molar-refractivity contribution is 0.471. The molecule has 0 aromatic heterocycles. The number of hydrogen-bond acceptors (Lipinski definition) is 2. The zero-order valence-electron chi connectivity index (χ0n) is 9.21. The van der Waals surface area contributed by atoms with Crippen molar-refractivity contribution in [1.29, 1.82) is 0 Å². The summed E-state index contributed by atoms with van der Waals surface area (Å²) in [7, 11) is 0. The summed E-state index contributed by atoms with van der Waals surface area (Å²) < 4.78 is 31.6. The highest BCUT2D eigenvalue weighted by Gasteiger charge is 2.08. The van der Waals surface area contributed by atoms with Crippen LogP contribution in [0.2, 0.25) is 0 Å². The number of rotatable bonds is 2. The van der Waals surface area contributed by atoms with Gasteiger partial charge in [-0.15, -0.1) is 0 Å². The van der Waals surface area contributed by atoms with E-state index in [1.54, 1.807) is 13.0 Å². The number of aryl methyl sites for hydroxylation is 1. The van der Waals surface area contributed by atoms with Gasteiger partial charge in [-0.25, -0.2) is 8.78 Å². The first-order chi connectivity index (χ1) is 8.08. The molecule has 0 atom stereocenters. The second-order valence-corrected chi connectivity index (χ2v) is 3.66. The predicted octanol–water partition coefficient (Wildman–Crippen LogP) is 3.65. The van der Waals surface area contributed by atoms with Crippen molar-refractivity contribution in [1.82, 2.24) is 0 Å². The standard InChI is InChI=1S/C13H11F2NO/c1-8-5-6-9(14)7-12(8)17-11-4-2-3-10(15)13(11)16/h2-7H,16H2,1H3. The molecule has 0 saturated carbocycles. The summed E-state index contributed by atoms with van der Waals surface area (Å²) in [4.78, 5) is 0. The molecule has 2 aromatic carbocycles. The van der Waals surface area contributed by atoms with Crippen LogP contribution in [0.1, 0.15) is 5.56 Å². The lowest BCUT2D eigenvalue weighted by atomic mass is 10.2. The van der Waals surface area contributed by atoms with E-state index < -0.39 is 11.6 Å². The molecule has 0 spiro atoms. The lowest BCUT2D eigenvalue weighted by Crippen LogP contribution is -1.96. The third-order valence-corrected chi connectivity index (χ3v) is 2.38. The molecule has 2 aromatic rings. The highest BCUT2D eigenvalue weighted by molar-refractivity contribution is 5.55. The molecule has 88 valence electrons. The highest BCUT2D eigenvalue weighted by atomic mass is 19.1. The summed E-state index contributed by atoms with van der Waals surface area (Å²) in [6.07, 6.45) is 0. The Hall–Kier alpha value is -2.10. The van der Waals surface area contributed by atoms with Crippen LogP contribution in [-0.4, -0.2) is 0 Å².